The Morgan fingerprint density at radius 2 is 1.87 bits per heavy atom. The summed E-state index contributed by atoms with van der Waals surface area (Å²) in [5.41, 5.74) is 0. The van der Waals surface area contributed by atoms with Gasteiger partial charge in [0.15, 0.2) is 0 Å². The molecule has 0 spiro atoms. The van der Waals surface area contributed by atoms with E-state index in [0.717, 1.165) is 44.8 Å². The number of carbonyl (C=O) groups excluding carboxylic acids is 1. The van der Waals surface area contributed by atoms with E-state index in [-0.39, 0.29) is 0 Å². The molecule has 1 aliphatic heterocycles. The number of carbonyl (C=O) groups is 1. The first-order chi connectivity index (χ1) is 11.2. The van der Waals surface area contributed by atoms with Crippen molar-refractivity contribution in [1.29, 1.82) is 0 Å². The predicted molar refractivity (Wildman–Crippen MR) is 87.3 cm³/mol. The topological polar surface area (TPSA) is 57.3 Å². The molecule has 1 atom stereocenters. The third-order valence-electron chi connectivity index (χ3n) is 4.72. The van der Waals surface area contributed by atoms with E-state index in [9.17, 15) is 4.79 Å². The van der Waals surface area contributed by atoms with Crippen molar-refractivity contribution in [3.05, 3.63) is 0 Å². The Morgan fingerprint density at radius 1 is 1.13 bits per heavy atom. The highest BCUT2D eigenvalue weighted by Crippen LogP contribution is 2.34. The van der Waals surface area contributed by atoms with Crippen LogP contribution in [-0.2, 0) is 18.9 Å². The molecule has 1 heterocycles. The average molecular weight is 328 g/mol. The van der Waals surface area contributed by atoms with Gasteiger partial charge in [0.2, 0.25) is 5.79 Å². The highest BCUT2D eigenvalue weighted by Gasteiger charge is 2.49. The van der Waals surface area contributed by atoms with Crippen molar-refractivity contribution < 1.29 is 23.7 Å². The lowest BCUT2D eigenvalue weighted by atomic mass is 9.82. The highest BCUT2D eigenvalue weighted by atomic mass is 16.8. The zero-order valence-electron chi connectivity index (χ0n) is 14.5. The minimum Gasteiger partial charge on any atom is -0.435 e. The summed E-state index contributed by atoms with van der Waals surface area (Å²) in [6.45, 7) is 4.30. The van der Waals surface area contributed by atoms with E-state index < -0.39 is 11.9 Å². The molecule has 2 aliphatic rings. The fourth-order valence-corrected chi connectivity index (χ4v) is 2.93. The van der Waals surface area contributed by atoms with Gasteiger partial charge in [0.25, 0.3) is 0 Å². The molecular weight excluding hydrogens is 296 g/mol. The summed E-state index contributed by atoms with van der Waals surface area (Å²) in [5, 5.41) is 0. The summed E-state index contributed by atoms with van der Waals surface area (Å²) >= 11 is 0. The molecule has 0 amide bonds. The molecule has 134 valence electrons. The summed E-state index contributed by atoms with van der Waals surface area (Å²) < 4.78 is 20.9. The zero-order valence-corrected chi connectivity index (χ0v) is 14.5. The first-order valence-corrected chi connectivity index (χ1v) is 9.31. The van der Waals surface area contributed by atoms with Gasteiger partial charge >= 0.3 is 6.16 Å². The van der Waals surface area contributed by atoms with Crippen molar-refractivity contribution in [1.82, 2.24) is 0 Å². The summed E-state index contributed by atoms with van der Waals surface area (Å²) in [4.78, 5) is 11.3. The van der Waals surface area contributed by atoms with Crippen molar-refractivity contribution >= 4 is 6.16 Å². The molecule has 23 heavy (non-hydrogen) atoms. The van der Waals surface area contributed by atoms with Crippen molar-refractivity contribution in [3.8, 4) is 0 Å². The van der Waals surface area contributed by atoms with Crippen LogP contribution in [0.4, 0.5) is 4.79 Å². The molecule has 5 nitrogen and oxygen atoms in total. The van der Waals surface area contributed by atoms with Crippen LogP contribution in [-0.4, -0.2) is 38.4 Å². The average Bonchev–Trinajstić information content (AvgIpc) is 3.22. The van der Waals surface area contributed by atoms with Crippen molar-refractivity contribution in [2.24, 2.45) is 5.92 Å². The van der Waals surface area contributed by atoms with Crippen LogP contribution < -0.4 is 0 Å². The van der Waals surface area contributed by atoms with E-state index in [4.69, 9.17) is 18.9 Å². The van der Waals surface area contributed by atoms with Crippen molar-refractivity contribution in [2.45, 2.75) is 76.9 Å². The lowest BCUT2D eigenvalue weighted by Gasteiger charge is -2.24. The molecule has 0 bridgehead atoms. The fraction of sp³-hybridized carbons (Fsp3) is 0.944. The van der Waals surface area contributed by atoms with Gasteiger partial charge in [-0.3, -0.25) is 0 Å². The van der Waals surface area contributed by atoms with E-state index >= 15 is 0 Å². The van der Waals surface area contributed by atoms with Crippen LogP contribution in [0.15, 0.2) is 0 Å². The summed E-state index contributed by atoms with van der Waals surface area (Å²) in [6.07, 6.45) is 11.5. The third-order valence-corrected chi connectivity index (χ3v) is 4.72. The van der Waals surface area contributed by atoms with E-state index in [2.05, 4.69) is 0 Å². The molecule has 1 saturated heterocycles. The van der Waals surface area contributed by atoms with Crippen LogP contribution in [0.1, 0.15) is 71.1 Å². The second-order valence-corrected chi connectivity index (χ2v) is 6.70. The van der Waals surface area contributed by atoms with Gasteiger partial charge in [-0.1, -0.05) is 38.5 Å². The Bertz CT molecular complexity index is 336. The first kappa shape index (κ1) is 18.5. The van der Waals surface area contributed by atoms with Gasteiger partial charge in [-0.15, -0.1) is 0 Å². The summed E-state index contributed by atoms with van der Waals surface area (Å²) in [7, 11) is 0. The zero-order chi connectivity index (χ0) is 16.4. The molecule has 2 fully saturated rings. The maximum atomic E-state index is 11.3. The Hall–Kier alpha value is -0.810. The van der Waals surface area contributed by atoms with Crippen molar-refractivity contribution in [3.63, 3.8) is 0 Å². The number of hydrogen-bond acceptors (Lipinski definition) is 5. The van der Waals surface area contributed by atoms with E-state index in [1.165, 1.54) is 38.5 Å². The molecule has 0 aromatic rings. The molecule has 1 saturated carbocycles. The number of epoxide rings is 1. The molecule has 0 N–H and O–H groups in total. The highest BCUT2D eigenvalue weighted by molar-refractivity contribution is 5.60. The number of rotatable bonds is 13. The molecule has 2 rings (SSSR count). The third kappa shape index (κ3) is 7.53. The summed E-state index contributed by atoms with van der Waals surface area (Å²) in [5.74, 6) is 0.318. The van der Waals surface area contributed by atoms with Crippen LogP contribution in [0.5, 0.6) is 0 Å². The normalized spacial score (nSPS) is 23.3. The van der Waals surface area contributed by atoms with Crippen LogP contribution >= 0.6 is 0 Å². The van der Waals surface area contributed by atoms with E-state index in [1.807, 2.05) is 0 Å². The van der Waals surface area contributed by atoms with Crippen LogP contribution in [0.2, 0.25) is 0 Å². The first-order valence-electron chi connectivity index (χ1n) is 9.31. The minimum absolute atomic E-state index is 0.326. The molecule has 0 radical (unpaired) electrons. The standard InChI is InChI=1S/C18H32O5/c1-2-21-17(19)23-18(15-22-18)12-5-3-6-13-20-14-7-4-9-16-10-8-11-16/h16H,2-15H2,1H3. The molecule has 1 aliphatic carbocycles. The van der Waals surface area contributed by atoms with Gasteiger partial charge in [-0.25, -0.2) is 4.79 Å². The second kappa shape index (κ2) is 10.1. The summed E-state index contributed by atoms with van der Waals surface area (Å²) in [6, 6.07) is 0. The molecule has 5 heteroatoms. The van der Waals surface area contributed by atoms with Gasteiger partial charge in [-0.2, -0.15) is 0 Å². The van der Waals surface area contributed by atoms with Gasteiger partial charge in [-0.05, 0) is 32.1 Å². The van der Waals surface area contributed by atoms with Crippen LogP contribution in [0.25, 0.3) is 0 Å². The largest absolute Gasteiger partial charge is 0.510 e. The number of unbranched alkanes of at least 4 members (excludes halogenated alkanes) is 3. The van der Waals surface area contributed by atoms with Crippen LogP contribution in [0, 0.1) is 5.92 Å². The van der Waals surface area contributed by atoms with E-state index in [0.29, 0.717) is 13.2 Å². The Kier molecular flexibility index (Phi) is 8.17. The van der Waals surface area contributed by atoms with E-state index in [1.54, 1.807) is 6.92 Å². The number of hydrogen-bond donors (Lipinski definition) is 0. The lowest BCUT2D eigenvalue weighted by molar-refractivity contribution is -0.0383. The second-order valence-electron chi connectivity index (χ2n) is 6.70. The molecule has 1 unspecified atom stereocenters. The SMILES string of the molecule is CCOC(=O)OC1(CCCCCOCCCCC2CCC2)CO1. The minimum atomic E-state index is -0.700. The predicted octanol–water partition coefficient (Wildman–Crippen LogP) is 4.43. The van der Waals surface area contributed by atoms with Crippen molar-refractivity contribution in [2.75, 3.05) is 26.4 Å². The Balaban J connectivity index is 1.34. The smallest absolute Gasteiger partial charge is 0.435 e. The van der Waals surface area contributed by atoms with Gasteiger partial charge in [0.1, 0.15) is 6.61 Å². The molecular formula is C18H32O5. The maximum Gasteiger partial charge on any atom is 0.510 e. The molecule has 0 aromatic heterocycles. The monoisotopic (exact) mass is 328 g/mol. The van der Waals surface area contributed by atoms with Crippen LogP contribution in [0.3, 0.4) is 0 Å². The van der Waals surface area contributed by atoms with Gasteiger partial charge in [0, 0.05) is 19.6 Å². The molecule has 0 aromatic carbocycles. The fourth-order valence-electron chi connectivity index (χ4n) is 2.93. The van der Waals surface area contributed by atoms with Gasteiger partial charge in [0.05, 0.1) is 6.61 Å². The van der Waals surface area contributed by atoms with Gasteiger partial charge < -0.3 is 18.9 Å². The Morgan fingerprint density at radius 3 is 2.48 bits per heavy atom. The lowest BCUT2D eigenvalue weighted by Crippen LogP contribution is -2.22. The maximum absolute atomic E-state index is 11.3. The quantitative estimate of drug-likeness (QED) is 0.284. The Labute approximate surface area is 140 Å². The number of ether oxygens (including phenoxy) is 4.